The third kappa shape index (κ3) is 2.87. The molecule has 3 N–H and O–H groups in total. The van der Waals surface area contributed by atoms with Crippen molar-refractivity contribution in [3.63, 3.8) is 0 Å². The van der Waals surface area contributed by atoms with E-state index in [1.807, 2.05) is 16.2 Å². The highest BCUT2D eigenvalue weighted by molar-refractivity contribution is 7.08. The molecule has 72 valence electrons. The maximum Gasteiger partial charge on any atom is 0.215 e. The van der Waals surface area contributed by atoms with Gasteiger partial charge in [0, 0.05) is 24.5 Å². The molecule has 1 aromatic rings. The quantitative estimate of drug-likeness (QED) is 0.401. The number of rotatable bonds is 2. The predicted molar refractivity (Wildman–Crippen MR) is 54.4 cm³/mol. The summed E-state index contributed by atoms with van der Waals surface area (Å²) in [6.07, 6.45) is 0. The second kappa shape index (κ2) is 5.06. The summed E-state index contributed by atoms with van der Waals surface area (Å²) in [5, 5.41) is 16.0. The standard InChI is InChI=1S/C7H10ClN3OS/c1-9-7(11-12)10-2-5-3-13-4-6(5)8/h3-4,12H,2H2,1H3,(H2,9,10,11). The first kappa shape index (κ1) is 10.3. The number of halogens is 1. The Labute approximate surface area is 85.2 Å². The van der Waals surface area contributed by atoms with Crippen LogP contribution in [0.2, 0.25) is 5.02 Å². The summed E-state index contributed by atoms with van der Waals surface area (Å²) in [6.45, 7) is 0.544. The number of hydroxylamine groups is 1. The number of aliphatic imine (C=N–C) groups is 1. The van der Waals surface area contributed by atoms with Crippen molar-refractivity contribution in [3.05, 3.63) is 21.3 Å². The van der Waals surface area contributed by atoms with Crippen LogP contribution in [0.25, 0.3) is 0 Å². The molecule has 6 heteroatoms. The van der Waals surface area contributed by atoms with Crippen LogP contribution in [0.5, 0.6) is 0 Å². The number of hydrogen-bond acceptors (Lipinski definition) is 3. The van der Waals surface area contributed by atoms with Crippen LogP contribution in [0.1, 0.15) is 5.56 Å². The van der Waals surface area contributed by atoms with Gasteiger partial charge < -0.3 is 5.32 Å². The summed E-state index contributed by atoms with van der Waals surface area (Å²) >= 11 is 7.40. The summed E-state index contributed by atoms with van der Waals surface area (Å²) in [6, 6.07) is 0. The van der Waals surface area contributed by atoms with Gasteiger partial charge in [-0.25, -0.2) is 5.48 Å². The molecule has 0 aromatic carbocycles. The van der Waals surface area contributed by atoms with Gasteiger partial charge in [-0.2, -0.15) is 11.3 Å². The lowest BCUT2D eigenvalue weighted by molar-refractivity contribution is 0.229. The molecule has 0 spiro atoms. The van der Waals surface area contributed by atoms with Gasteiger partial charge >= 0.3 is 0 Å². The van der Waals surface area contributed by atoms with Gasteiger partial charge in [-0.3, -0.25) is 10.2 Å². The van der Waals surface area contributed by atoms with E-state index in [4.69, 9.17) is 16.8 Å². The molecule has 0 unspecified atom stereocenters. The molecule has 0 saturated carbocycles. The summed E-state index contributed by atoms with van der Waals surface area (Å²) in [5.74, 6) is 0.322. The maximum atomic E-state index is 8.55. The summed E-state index contributed by atoms with van der Waals surface area (Å²) in [5.41, 5.74) is 2.92. The molecule has 1 aromatic heterocycles. The Balaban J connectivity index is 2.48. The Bertz CT molecular complexity index is 300. The van der Waals surface area contributed by atoms with E-state index in [9.17, 15) is 0 Å². The third-order valence-corrected chi connectivity index (χ3v) is 2.74. The molecule has 0 aliphatic heterocycles. The molecule has 1 heterocycles. The molecular weight excluding hydrogens is 210 g/mol. The number of guanidine groups is 1. The minimum atomic E-state index is 0.322. The first-order valence-corrected chi connectivity index (χ1v) is 4.91. The first-order valence-electron chi connectivity index (χ1n) is 3.59. The lowest BCUT2D eigenvalue weighted by Gasteiger charge is -2.05. The van der Waals surface area contributed by atoms with Gasteiger partial charge in [0.1, 0.15) is 0 Å². The second-order valence-corrected chi connectivity index (χ2v) is 3.43. The SMILES string of the molecule is CN=C(NO)NCc1cscc1Cl. The van der Waals surface area contributed by atoms with Gasteiger partial charge in [0.15, 0.2) is 0 Å². The molecule has 1 rings (SSSR count). The van der Waals surface area contributed by atoms with Crippen molar-refractivity contribution < 1.29 is 5.21 Å². The van der Waals surface area contributed by atoms with Crippen LogP contribution in [0.3, 0.4) is 0 Å². The van der Waals surface area contributed by atoms with E-state index in [1.165, 1.54) is 11.3 Å². The minimum Gasteiger partial charge on any atom is -0.351 e. The van der Waals surface area contributed by atoms with Crippen molar-refractivity contribution in [1.82, 2.24) is 10.8 Å². The van der Waals surface area contributed by atoms with E-state index in [1.54, 1.807) is 7.05 Å². The van der Waals surface area contributed by atoms with Gasteiger partial charge in [0.25, 0.3) is 0 Å². The molecule has 13 heavy (non-hydrogen) atoms. The van der Waals surface area contributed by atoms with E-state index in [-0.39, 0.29) is 0 Å². The molecular formula is C7H10ClN3OS. The molecule has 0 saturated heterocycles. The number of thiophene rings is 1. The van der Waals surface area contributed by atoms with Crippen molar-refractivity contribution in [2.24, 2.45) is 4.99 Å². The molecule has 0 bridgehead atoms. The van der Waals surface area contributed by atoms with Crippen LogP contribution >= 0.6 is 22.9 Å². The molecule has 0 amide bonds. The lowest BCUT2D eigenvalue weighted by atomic mass is 10.3. The van der Waals surface area contributed by atoms with Crippen LogP contribution in [0, 0.1) is 0 Å². The Morgan fingerprint density at radius 1 is 1.69 bits per heavy atom. The van der Waals surface area contributed by atoms with Crippen LogP contribution in [0.4, 0.5) is 0 Å². The maximum absolute atomic E-state index is 8.55. The normalized spacial score (nSPS) is 11.5. The van der Waals surface area contributed by atoms with E-state index in [0.717, 1.165) is 10.6 Å². The van der Waals surface area contributed by atoms with Gasteiger partial charge in [-0.15, -0.1) is 0 Å². The monoisotopic (exact) mass is 219 g/mol. The van der Waals surface area contributed by atoms with Gasteiger partial charge in [0.05, 0.1) is 5.02 Å². The zero-order valence-corrected chi connectivity index (χ0v) is 8.61. The van der Waals surface area contributed by atoms with Crippen molar-refractivity contribution >= 4 is 28.9 Å². The van der Waals surface area contributed by atoms with Crippen LogP contribution in [-0.4, -0.2) is 18.2 Å². The topological polar surface area (TPSA) is 56.7 Å². The zero-order valence-electron chi connectivity index (χ0n) is 7.04. The Hall–Kier alpha value is -0.780. The Morgan fingerprint density at radius 2 is 2.46 bits per heavy atom. The van der Waals surface area contributed by atoms with Crippen molar-refractivity contribution in [3.8, 4) is 0 Å². The first-order chi connectivity index (χ1) is 6.27. The fourth-order valence-corrected chi connectivity index (χ4v) is 1.84. The number of hydrogen-bond donors (Lipinski definition) is 3. The zero-order chi connectivity index (χ0) is 9.68. The molecule has 0 fully saturated rings. The predicted octanol–water partition coefficient (Wildman–Crippen LogP) is 1.46. The highest BCUT2D eigenvalue weighted by Gasteiger charge is 2.01. The van der Waals surface area contributed by atoms with E-state index < -0.39 is 0 Å². The number of nitrogens with zero attached hydrogens (tertiary/aromatic N) is 1. The smallest absolute Gasteiger partial charge is 0.215 e. The molecule has 4 nitrogen and oxygen atoms in total. The highest BCUT2D eigenvalue weighted by Crippen LogP contribution is 2.19. The lowest BCUT2D eigenvalue weighted by Crippen LogP contribution is -2.34. The second-order valence-electron chi connectivity index (χ2n) is 2.28. The summed E-state index contributed by atoms with van der Waals surface area (Å²) < 4.78 is 0. The molecule has 0 aliphatic rings. The Morgan fingerprint density at radius 3 is 2.92 bits per heavy atom. The fraction of sp³-hybridized carbons (Fsp3) is 0.286. The van der Waals surface area contributed by atoms with Crippen molar-refractivity contribution in [1.29, 1.82) is 0 Å². The third-order valence-electron chi connectivity index (χ3n) is 1.46. The van der Waals surface area contributed by atoms with Crippen LogP contribution in [-0.2, 0) is 6.54 Å². The highest BCUT2D eigenvalue weighted by atomic mass is 35.5. The van der Waals surface area contributed by atoms with E-state index >= 15 is 0 Å². The minimum absolute atomic E-state index is 0.322. The number of nitrogens with one attached hydrogen (secondary N) is 2. The average molecular weight is 220 g/mol. The van der Waals surface area contributed by atoms with Crippen LogP contribution in [0.15, 0.2) is 15.8 Å². The van der Waals surface area contributed by atoms with E-state index in [2.05, 4.69) is 10.3 Å². The van der Waals surface area contributed by atoms with Crippen molar-refractivity contribution in [2.75, 3.05) is 7.05 Å². The molecule has 0 aliphatic carbocycles. The molecule has 0 atom stereocenters. The average Bonchev–Trinajstić information content (AvgIpc) is 2.54. The summed E-state index contributed by atoms with van der Waals surface area (Å²) in [4.78, 5) is 3.74. The largest absolute Gasteiger partial charge is 0.351 e. The molecule has 0 radical (unpaired) electrons. The van der Waals surface area contributed by atoms with Crippen molar-refractivity contribution in [2.45, 2.75) is 6.54 Å². The van der Waals surface area contributed by atoms with E-state index in [0.29, 0.717) is 12.5 Å². The fourth-order valence-electron chi connectivity index (χ4n) is 0.782. The van der Waals surface area contributed by atoms with Gasteiger partial charge in [-0.1, -0.05) is 11.6 Å². The van der Waals surface area contributed by atoms with Gasteiger partial charge in [-0.05, 0) is 5.38 Å². The Kier molecular flexibility index (Phi) is 4.01. The summed E-state index contributed by atoms with van der Waals surface area (Å²) in [7, 11) is 1.57. The van der Waals surface area contributed by atoms with Gasteiger partial charge in [0.2, 0.25) is 5.96 Å². The van der Waals surface area contributed by atoms with Crippen LogP contribution < -0.4 is 10.8 Å².